The molecule has 3 heterocycles. The number of nitrogens with zero attached hydrogens (tertiary/aromatic N) is 2. The van der Waals surface area contributed by atoms with Crippen LogP contribution in [-0.4, -0.2) is 15.1 Å². The number of aromatic amines is 1. The normalized spacial score (nSPS) is 19.1. The topological polar surface area (TPSA) is 44.0 Å². The van der Waals surface area contributed by atoms with Crippen LogP contribution in [0.15, 0.2) is 48.7 Å². The number of thiocarbonyl (C=S) groups is 1. The Bertz CT molecular complexity index is 997. The van der Waals surface area contributed by atoms with Gasteiger partial charge in [0.2, 0.25) is 0 Å². The van der Waals surface area contributed by atoms with E-state index in [2.05, 4.69) is 93.9 Å². The van der Waals surface area contributed by atoms with E-state index in [1.165, 1.54) is 26.1 Å². The summed E-state index contributed by atoms with van der Waals surface area (Å²) >= 11 is 8.25. The molecule has 144 valence electrons. The Morgan fingerprint density at radius 3 is 2.43 bits per heavy atom. The molecule has 6 heteroatoms. The summed E-state index contributed by atoms with van der Waals surface area (Å²) in [4.78, 5) is 10.4. The van der Waals surface area contributed by atoms with Crippen LogP contribution in [0.5, 0.6) is 0 Å². The first kappa shape index (κ1) is 19.4. The van der Waals surface area contributed by atoms with Gasteiger partial charge < -0.3 is 15.2 Å². The molecule has 4 nitrogen and oxygen atoms in total. The Balaban J connectivity index is 1.87. The summed E-state index contributed by atoms with van der Waals surface area (Å²) in [7, 11) is 0. The Hall–Kier alpha value is -1.93. The summed E-state index contributed by atoms with van der Waals surface area (Å²) in [6, 6.07) is 14.8. The molecule has 0 spiro atoms. The minimum absolute atomic E-state index is 0.0121. The molecule has 0 radical (unpaired) electrons. The highest BCUT2D eigenvalue weighted by molar-refractivity contribution is 14.1. The molecule has 1 saturated heterocycles. The summed E-state index contributed by atoms with van der Waals surface area (Å²) in [6.45, 7) is 6.43. The molecule has 2 aromatic heterocycles. The maximum absolute atomic E-state index is 5.81. The highest BCUT2D eigenvalue weighted by Gasteiger charge is 2.42. The lowest BCUT2D eigenvalue weighted by Gasteiger charge is -2.28. The Kier molecular flexibility index (Phi) is 5.42. The molecule has 0 aliphatic carbocycles. The van der Waals surface area contributed by atoms with Gasteiger partial charge in [0.25, 0.3) is 0 Å². The van der Waals surface area contributed by atoms with Crippen LogP contribution in [0, 0.1) is 17.4 Å². The number of anilines is 1. The lowest BCUT2D eigenvalue weighted by atomic mass is 9.96. The van der Waals surface area contributed by atoms with Gasteiger partial charge in [-0.3, -0.25) is 4.98 Å². The zero-order valence-electron chi connectivity index (χ0n) is 16.2. The van der Waals surface area contributed by atoms with Gasteiger partial charge in [-0.15, -0.1) is 0 Å². The maximum Gasteiger partial charge on any atom is 0.174 e. The van der Waals surface area contributed by atoms with Gasteiger partial charge in [0.1, 0.15) is 0 Å². The third kappa shape index (κ3) is 3.33. The molecule has 0 amide bonds. The zero-order chi connectivity index (χ0) is 19.8. The summed E-state index contributed by atoms with van der Waals surface area (Å²) < 4.78 is 1.25. The van der Waals surface area contributed by atoms with Crippen molar-refractivity contribution in [2.24, 2.45) is 0 Å². The minimum Gasteiger partial charge on any atom is -0.362 e. The molecule has 28 heavy (non-hydrogen) atoms. The third-order valence-corrected chi connectivity index (χ3v) is 7.07. The summed E-state index contributed by atoms with van der Waals surface area (Å²) in [5, 5.41) is 4.27. The van der Waals surface area contributed by atoms with Crippen molar-refractivity contribution >= 4 is 45.6 Å². The average molecular weight is 502 g/mol. The number of pyridine rings is 1. The number of benzene rings is 1. The van der Waals surface area contributed by atoms with Crippen molar-refractivity contribution in [3.05, 3.63) is 80.4 Å². The first-order valence-electron chi connectivity index (χ1n) is 9.45. The van der Waals surface area contributed by atoms with E-state index in [1.54, 1.807) is 0 Å². The van der Waals surface area contributed by atoms with Crippen LogP contribution in [0.2, 0.25) is 0 Å². The molecule has 4 rings (SSSR count). The van der Waals surface area contributed by atoms with E-state index in [-0.39, 0.29) is 12.1 Å². The van der Waals surface area contributed by atoms with Crippen LogP contribution < -0.4 is 10.2 Å². The summed E-state index contributed by atoms with van der Waals surface area (Å²) in [6.07, 6.45) is 2.87. The molecular formula is C22H23IN4S. The van der Waals surface area contributed by atoms with Crippen LogP contribution >= 0.6 is 34.8 Å². The molecular weight excluding hydrogens is 479 g/mol. The van der Waals surface area contributed by atoms with Crippen LogP contribution in [0.3, 0.4) is 0 Å². The molecule has 0 bridgehead atoms. The fourth-order valence-corrected chi connectivity index (χ4v) is 5.14. The lowest BCUT2D eigenvalue weighted by Crippen LogP contribution is -2.29. The Morgan fingerprint density at radius 2 is 1.86 bits per heavy atom. The first-order chi connectivity index (χ1) is 13.5. The highest BCUT2D eigenvalue weighted by atomic mass is 127. The van der Waals surface area contributed by atoms with Crippen molar-refractivity contribution in [1.82, 2.24) is 15.3 Å². The van der Waals surface area contributed by atoms with Crippen molar-refractivity contribution < 1.29 is 0 Å². The highest BCUT2D eigenvalue weighted by Crippen LogP contribution is 2.44. The maximum atomic E-state index is 5.81. The third-order valence-electron chi connectivity index (χ3n) is 5.36. The second kappa shape index (κ2) is 7.83. The molecule has 2 N–H and O–H groups in total. The van der Waals surface area contributed by atoms with Gasteiger partial charge in [-0.2, -0.15) is 0 Å². The van der Waals surface area contributed by atoms with Gasteiger partial charge in [0.05, 0.1) is 17.8 Å². The zero-order valence-corrected chi connectivity index (χ0v) is 19.1. The van der Waals surface area contributed by atoms with Crippen LogP contribution in [0.4, 0.5) is 5.69 Å². The lowest BCUT2D eigenvalue weighted by molar-refractivity contribution is 0.564. The quantitative estimate of drug-likeness (QED) is 0.372. The average Bonchev–Trinajstić information content (AvgIpc) is 3.17. The molecule has 1 aliphatic heterocycles. The molecule has 0 unspecified atom stereocenters. The monoisotopic (exact) mass is 502 g/mol. The van der Waals surface area contributed by atoms with Crippen molar-refractivity contribution in [1.29, 1.82) is 0 Å². The summed E-state index contributed by atoms with van der Waals surface area (Å²) in [5.41, 5.74) is 7.06. The SMILES string of the molecule is CCc1ccc(N2C(=S)N[C@@H](c3ccccn3)[C@@H]2c2c(C)[nH]c(C)c2I)cc1. The summed E-state index contributed by atoms with van der Waals surface area (Å²) in [5.74, 6) is 0. The second-order valence-corrected chi connectivity index (χ2v) is 8.58. The van der Waals surface area contributed by atoms with Crippen LogP contribution in [-0.2, 0) is 6.42 Å². The van der Waals surface area contributed by atoms with E-state index in [0.29, 0.717) is 0 Å². The number of aromatic nitrogens is 2. The molecule has 0 saturated carbocycles. The van der Waals surface area contributed by atoms with Gasteiger partial charge in [0, 0.05) is 32.4 Å². The van der Waals surface area contributed by atoms with Crippen molar-refractivity contribution in [3.8, 4) is 0 Å². The van der Waals surface area contributed by atoms with Gasteiger partial charge in [-0.1, -0.05) is 25.1 Å². The van der Waals surface area contributed by atoms with E-state index in [4.69, 9.17) is 12.2 Å². The van der Waals surface area contributed by atoms with Crippen LogP contribution in [0.1, 0.15) is 47.2 Å². The van der Waals surface area contributed by atoms with E-state index in [1.807, 2.05) is 18.3 Å². The Labute approximate surface area is 184 Å². The number of hydrogen-bond donors (Lipinski definition) is 2. The fourth-order valence-electron chi connectivity index (χ4n) is 3.94. The van der Waals surface area contributed by atoms with Gasteiger partial charge in [0.15, 0.2) is 5.11 Å². The number of rotatable bonds is 4. The predicted molar refractivity (Wildman–Crippen MR) is 127 cm³/mol. The molecule has 1 aromatic carbocycles. The smallest absolute Gasteiger partial charge is 0.174 e. The first-order valence-corrected chi connectivity index (χ1v) is 10.9. The van der Waals surface area contributed by atoms with E-state index in [0.717, 1.165) is 22.9 Å². The van der Waals surface area contributed by atoms with E-state index in [9.17, 15) is 0 Å². The fraction of sp³-hybridized carbons (Fsp3) is 0.273. The van der Waals surface area contributed by atoms with E-state index < -0.39 is 0 Å². The van der Waals surface area contributed by atoms with Crippen molar-refractivity contribution in [2.45, 2.75) is 39.3 Å². The van der Waals surface area contributed by atoms with Crippen molar-refractivity contribution in [3.63, 3.8) is 0 Å². The number of aryl methyl sites for hydroxylation is 3. The molecule has 1 fully saturated rings. The van der Waals surface area contributed by atoms with Crippen molar-refractivity contribution in [2.75, 3.05) is 4.90 Å². The van der Waals surface area contributed by atoms with E-state index >= 15 is 0 Å². The number of H-pyrrole nitrogens is 1. The molecule has 1 aliphatic rings. The number of halogens is 1. The van der Waals surface area contributed by atoms with Gasteiger partial charge >= 0.3 is 0 Å². The largest absolute Gasteiger partial charge is 0.362 e. The molecule has 3 aromatic rings. The number of nitrogens with one attached hydrogen (secondary N) is 2. The standard InChI is InChI=1S/C22H23IN4S/c1-4-15-8-10-16(11-9-15)27-21(18-13(2)25-14(3)19(18)23)20(26-22(27)28)17-7-5-6-12-24-17/h5-12,20-21,25H,4H2,1-3H3,(H,26,28)/t20-,21-/m0/s1. The van der Waals surface area contributed by atoms with Crippen LogP contribution in [0.25, 0.3) is 0 Å². The van der Waals surface area contributed by atoms with Gasteiger partial charge in [-0.05, 0) is 84.9 Å². The number of hydrogen-bond acceptors (Lipinski definition) is 2. The predicted octanol–water partition coefficient (Wildman–Crippen LogP) is 5.37. The Morgan fingerprint density at radius 1 is 1.11 bits per heavy atom. The second-order valence-electron chi connectivity index (χ2n) is 7.12. The van der Waals surface area contributed by atoms with Gasteiger partial charge in [-0.25, -0.2) is 0 Å². The molecule has 2 atom stereocenters. The minimum atomic E-state index is -0.0121.